The lowest BCUT2D eigenvalue weighted by atomic mass is 10.2. The fourth-order valence-electron chi connectivity index (χ4n) is 0.984. The van der Waals surface area contributed by atoms with E-state index in [1.807, 2.05) is 6.92 Å². The first kappa shape index (κ1) is 12.2. The Hall–Kier alpha value is 0.1000. The number of thiol groups is 1. The minimum Gasteiger partial charge on any atom is -0.301 e. The zero-order valence-corrected chi connectivity index (χ0v) is 10.1. The summed E-state index contributed by atoms with van der Waals surface area (Å²) in [5, 5.41) is 3.71. The molecular weight excluding hydrogens is 241 g/mol. The highest BCUT2D eigenvalue weighted by atomic mass is 35.5. The fraction of sp³-hybridized carbons (Fsp3) is 0.333. The highest BCUT2D eigenvalue weighted by Gasteiger charge is 2.07. The maximum atomic E-state index is 13.3. The van der Waals surface area contributed by atoms with Crippen molar-refractivity contribution in [2.75, 3.05) is 0 Å². The van der Waals surface area contributed by atoms with Crippen LogP contribution in [0, 0.1) is 5.82 Å². The standard InChI is InChI=1S/C9H11ClFNS2/c1-6(14-13)12-5-7-8(10)3-2-4-9(7)11/h2-4,6,12-13H,5H2,1H3. The largest absolute Gasteiger partial charge is 0.301 e. The predicted octanol–water partition coefficient (Wildman–Crippen LogP) is 3.49. The van der Waals surface area contributed by atoms with E-state index in [0.29, 0.717) is 17.1 Å². The van der Waals surface area contributed by atoms with Crippen LogP contribution in [0.3, 0.4) is 0 Å². The molecule has 0 spiro atoms. The van der Waals surface area contributed by atoms with Crippen LogP contribution in [0.5, 0.6) is 0 Å². The Morgan fingerprint density at radius 3 is 2.93 bits per heavy atom. The quantitative estimate of drug-likeness (QED) is 0.483. The molecule has 14 heavy (non-hydrogen) atoms. The lowest BCUT2D eigenvalue weighted by Gasteiger charge is -2.11. The minimum atomic E-state index is -0.277. The van der Waals surface area contributed by atoms with E-state index >= 15 is 0 Å². The molecule has 78 valence electrons. The van der Waals surface area contributed by atoms with E-state index in [1.54, 1.807) is 12.1 Å². The molecular formula is C9H11ClFNS2. The van der Waals surface area contributed by atoms with Crippen molar-refractivity contribution in [2.45, 2.75) is 18.8 Å². The third kappa shape index (κ3) is 3.35. The molecule has 0 aliphatic heterocycles. The molecule has 0 saturated carbocycles. The maximum absolute atomic E-state index is 13.3. The summed E-state index contributed by atoms with van der Waals surface area (Å²) in [6, 6.07) is 4.68. The average molecular weight is 252 g/mol. The lowest BCUT2D eigenvalue weighted by Crippen LogP contribution is -2.21. The van der Waals surface area contributed by atoms with E-state index in [0.717, 1.165) is 0 Å². The van der Waals surface area contributed by atoms with Crippen molar-refractivity contribution >= 4 is 34.1 Å². The second kappa shape index (κ2) is 5.85. The van der Waals surface area contributed by atoms with Crippen LogP contribution in [0.2, 0.25) is 5.02 Å². The van der Waals surface area contributed by atoms with Crippen molar-refractivity contribution in [2.24, 2.45) is 0 Å². The summed E-state index contributed by atoms with van der Waals surface area (Å²) in [6.07, 6.45) is 0. The van der Waals surface area contributed by atoms with Crippen molar-refractivity contribution in [1.29, 1.82) is 0 Å². The van der Waals surface area contributed by atoms with Gasteiger partial charge in [0.15, 0.2) is 0 Å². The molecule has 0 bridgehead atoms. The molecule has 1 aromatic rings. The van der Waals surface area contributed by atoms with Gasteiger partial charge in [-0.1, -0.05) is 28.5 Å². The molecule has 0 saturated heterocycles. The monoisotopic (exact) mass is 251 g/mol. The number of rotatable bonds is 4. The summed E-state index contributed by atoms with van der Waals surface area (Å²) in [6.45, 7) is 2.37. The van der Waals surface area contributed by atoms with Crippen molar-refractivity contribution in [3.05, 3.63) is 34.6 Å². The van der Waals surface area contributed by atoms with Gasteiger partial charge in [0.2, 0.25) is 0 Å². The zero-order chi connectivity index (χ0) is 10.6. The van der Waals surface area contributed by atoms with Gasteiger partial charge in [-0.25, -0.2) is 4.39 Å². The first-order chi connectivity index (χ1) is 6.65. The average Bonchev–Trinajstić information content (AvgIpc) is 2.16. The molecule has 0 fully saturated rings. The third-order valence-electron chi connectivity index (χ3n) is 1.79. The molecule has 1 atom stereocenters. The minimum absolute atomic E-state index is 0.161. The first-order valence-corrected chi connectivity index (χ1v) is 6.42. The Bertz CT molecular complexity index is 289. The van der Waals surface area contributed by atoms with Gasteiger partial charge in [0.25, 0.3) is 0 Å². The third-order valence-corrected chi connectivity index (χ3v) is 3.57. The molecule has 1 aromatic carbocycles. The van der Waals surface area contributed by atoms with Gasteiger partial charge in [-0.2, -0.15) is 0 Å². The van der Waals surface area contributed by atoms with Crippen LogP contribution in [-0.2, 0) is 6.54 Å². The Morgan fingerprint density at radius 2 is 2.36 bits per heavy atom. The second-order valence-corrected chi connectivity index (χ2v) is 4.79. The van der Waals surface area contributed by atoms with Gasteiger partial charge < -0.3 is 5.32 Å². The van der Waals surface area contributed by atoms with E-state index in [9.17, 15) is 4.39 Å². The number of halogens is 2. The van der Waals surface area contributed by atoms with Crippen molar-refractivity contribution in [3.8, 4) is 0 Å². The van der Waals surface area contributed by atoms with Gasteiger partial charge in [-0.05, 0) is 19.1 Å². The second-order valence-electron chi connectivity index (χ2n) is 2.83. The summed E-state index contributed by atoms with van der Waals surface area (Å²) in [5.41, 5.74) is 0.503. The van der Waals surface area contributed by atoms with Gasteiger partial charge in [0, 0.05) is 17.1 Å². The van der Waals surface area contributed by atoms with E-state index in [2.05, 4.69) is 17.0 Å². The summed E-state index contributed by atoms with van der Waals surface area (Å²) >= 11 is 9.89. The van der Waals surface area contributed by atoms with Crippen LogP contribution in [0.1, 0.15) is 12.5 Å². The van der Waals surface area contributed by atoms with Crippen LogP contribution in [0.4, 0.5) is 4.39 Å². The highest BCUT2D eigenvalue weighted by molar-refractivity contribution is 8.68. The normalized spacial score (nSPS) is 12.9. The SMILES string of the molecule is CC(NCc1c(F)cccc1Cl)SS. The molecule has 1 unspecified atom stereocenters. The van der Waals surface area contributed by atoms with E-state index in [4.69, 9.17) is 11.6 Å². The maximum Gasteiger partial charge on any atom is 0.129 e. The zero-order valence-electron chi connectivity index (χ0n) is 7.63. The van der Waals surface area contributed by atoms with Crippen LogP contribution in [0.25, 0.3) is 0 Å². The van der Waals surface area contributed by atoms with Crippen molar-refractivity contribution in [3.63, 3.8) is 0 Å². The number of nitrogens with one attached hydrogen (secondary N) is 1. The van der Waals surface area contributed by atoms with E-state index in [1.165, 1.54) is 16.9 Å². The van der Waals surface area contributed by atoms with Crippen LogP contribution in [-0.4, -0.2) is 5.37 Å². The van der Waals surface area contributed by atoms with Crippen molar-refractivity contribution < 1.29 is 4.39 Å². The molecule has 0 aliphatic carbocycles. The molecule has 1 nitrogen and oxygen atoms in total. The predicted molar refractivity (Wildman–Crippen MR) is 64.3 cm³/mol. The van der Waals surface area contributed by atoms with Crippen LogP contribution in [0.15, 0.2) is 18.2 Å². The molecule has 0 heterocycles. The fourth-order valence-corrected chi connectivity index (χ4v) is 1.60. The Morgan fingerprint density at radius 1 is 1.64 bits per heavy atom. The molecule has 0 amide bonds. The molecule has 1 rings (SSSR count). The van der Waals surface area contributed by atoms with Crippen LogP contribution < -0.4 is 5.32 Å². The van der Waals surface area contributed by atoms with Gasteiger partial charge in [0.1, 0.15) is 5.82 Å². The molecule has 5 heteroatoms. The van der Waals surface area contributed by atoms with Gasteiger partial charge in [0.05, 0.1) is 5.37 Å². The van der Waals surface area contributed by atoms with Gasteiger partial charge in [-0.15, -0.1) is 11.7 Å². The van der Waals surface area contributed by atoms with Gasteiger partial charge in [-0.3, -0.25) is 0 Å². The Labute approximate surface area is 97.2 Å². The van der Waals surface area contributed by atoms with E-state index < -0.39 is 0 Å². The van der Waals surface area contributed by atoms with Gasteiger partial charge >= 0.3 is 0 Å². The van der Waals surface area contributed by atoms with Crippen molar-refractivity contribution in [1.82, 2.24) is 5.32 Å². The Balaban J connectivity index is 2.66. The molecule has 0 aromatic heterocycles. The number of hydrogen-bond donors (Lipinski definition) is 2. The lowest BCUT2D eigenvalue weighted by molar-refractivity contribution is 0.588. The first-order valence-electron chi connectivity index (χ1n) is 4.11. The summed E-state index contributed by atoms with van der Waals surface area (Å²) < 4.78 is 13.3. The smallest absolute Gasteiger partial charge is 0.129 e. The molecule has 1 N–H and O–H groups in total. The number of benzene rings is 1. The topological polar surface area (TPSA) is 12.0 Å². The molecule has 0 aliphatic rings. The van der Waals surface area contributed by atoms with E-state index in [-0.39, 0.29) is 11.2 Å². The number of hydrogen-bond acceptors (Lipinski definition) is 3. The highest BCUT2D eigenvalue weighted by Crippen LogP contribution is 2.19. The summed E-state index contributed by atoms with van der Waals surface area (Å²) in [5.74, 6) is -0.277. The Kier molecular flexibility index (Phi) is 5.09. The summed E-state index contributed by atoms with van der Waals surface area (Å²) in [4.78, 5) is 0. The summed E-state index contributed by atoms with van der Waals surface area (Å²) in [7, 11) is 1.37. The van der Waals surface area contributed by atoms with Crippen LogP contribution >= 0.6 is 34.1 Å². The molecule has 0 radical (unpaired) electrons.